The molecule has 116 valence electrons. The van der Waals surface area contributed by atoms with Crippen LogP contribution < -0.4 is 5.32 Å². The van der Waals surface area contributed by atoms with E-state index in [9.17, 15) is 9.59 Å². The zero-order valence-corrected chi connectivity index (χ0v) is 13.2. The van der Waals surface area contributed by atoms with Crippen molar-refractivity contribution in [3.05, 3.63) is 41.5 Å². The third kappa shape index (κ3) is 5.06. The lowest BCUT2D eigenvalue weighted by molar-refractivity contribution is -0.127. The smallest absolute Gasteiger partial charge is 0.251 e. The molecule has 0 atom stereocenters. The minimum Gasteiger partial charge on any atom is -0.355 e. The lowest BCUT2D eigenvalue weighted by Gasteiger charge is -2.24. The number of nitrogens with one attached hydrogen (secondary N) is 1. The number of nitriles is 1. The van der Waals surface area contributed by atoms with Crippen LogP contribution in [-0.4, -0.2) is 36.3 Å². The van der Waals surface area contributed by atoms with E-state index >= 15 is 0 Å². The number of benzene rings is 1. The zero-order valence-electron chi connectivity index (χ0n) is 13.2. The lowest BCUT2D eigenvalue weighted by atomic mass is 10.1. The Hall–Kier alpha value is -2.61. The average molecular weight is 299 g/mol. The van der Waals surface area contributed by atoms with Crippen LogP contribution in [0.5, 0.6) is 0 Å². The summed E-state index contributed by atoms with van der Waals surface area (Å²) >= 11 is 0. The van der Waals surface area contributed by atoms with Gasteiger partial charge in [-0.05, 0) is 37.6 Å². The van der Waals surface area contributed by atoms with E-state index in [-0.39, 0.29) is 17.9 Å². The van der Waals surface area contributed by atoms with Crippen LogP contribution in [0.3, 0.4) is 0 Å². The molecule has 1 rings (SSSR count). The van der Waals surface area contributed by atoms with Gasteiger partial charge in [-0.25, -0.2) is 0 Å². The minimum absolute atomic E-state index is 0.0427. The Balaban J connectivity index is 2.75. The van der Waals surface area contributed by atoms with E-state index in [2.05, 4.69) is 5.32 Å². The first-order valence-electron chi connectivity index (χ1n) is 7.17. The summed E-state index contributed by atoms with van der Waals surface area (Å²) in [6, 6.07) is 9.07. The van der Waals surface area contributed by atoms with Crippen molar-refractivity contribution in [2.75, 3.05) is 13.6 Å². The number of nitrogens with zero attached hydrogens (tertiary/aromatic N) is 2. The Bertz CT molecular complexity index is 583. The second-order valence-electron chi connectivity index (χ2n) is 5.07. The lowest BCUT2D eigenvalue weighted by Crippen LogP contribution is -2.36. The van der Waals surface area contributed by atoms with Gasteiger partial charge in [0.05, 0.1) is 12.5 Å². The van der Waals surface area contributed by atoms with Gasteiger partial charge in [0.1, 0.15) is 0 Å². The van der Waals surface area contributed by atoms with Crippen molar-refractivity contribution in [2.24, 2.45) is 0 Å². The number of hydrogen-bond acceptors (Lipinski definition) is 3. The van der Waals surface area contributed by atoms with Crippen LogP contribution in [0, 0.1) is 11.3 Å². The molecular weight excluding hydrogens is 278 g/mol. The molecule has 2 amide bonds. The van der Waals surface area contributed by atoms with Crippen LogP contribution in [-0.2, 0) is 4.79 Å². The van der Waals surface area contributed by atoms with Crippen LogP contribution in [0.4, 0.5) is 0 Å². The Kier molecular flexibility index (Phi) is 6.84. The van der Waals surface area contributed by atoms with Crippen LogP contribution in [0.2, 0.25) is 0 Å². The van der Waals surface area contributed by atoms with Gasteiger partial charge < -0.3 is 10.2 Å². The molecule has 0 aliphatic heterocycles. The minimum atomic E-state index is -0.144. The third-order valence-corrected chi connectivity index (χ3v) is 3.19. The molecule has 1 N–H and O–H groups in total. The van der Waals surface area contributed by atoms with Crippen LogP contribution in [0.1, 0.15) is 36.2 Å². The second kappa shape index (κ2) is 8.63. The quantitative estimate of drug-likeness (QED) is 0.818. The maximum Gasteiger partial charge on any atom is 0.251 e. The van der Waals surface area contributed by atoms with Gasteiger partial charge in [0, 0.05) is 31.3 Å². The van der Waals surface area contributed by atoms with Crippen molar-refractivity contribution in [1.82, 2.24) is 10.2 Å². The van der Waals surface area contributed by atoms with Gasteiger partial charge in [-0.3, -0.25) is 9.59 Å². The predicted molar refractivity (Wildman–Crippen MR) is 85.9 cm³/mol. The number of carbonyl (C=O) groups excluding carboxylic acids is 2. The molecular formula is C17H21N3O2. The van der Waals surface area contributed by atoms with E-state index < -0.39 is 0 Å². The highest BCUT2D eigenvalue weighted by Gasteiger charge is 2.13. The number of amides is 2. The molecule has 0 heterocycles. The summed E-state index contributed by atoms with van der Waals surface area (Å²) in [4.78, 5) is 25.2. The molecule has 0 radical (unpaired) electrons. The van der Waals surface area contributed by atoms with E-state index in [0.717, 1.165) is 5.56 Å². The summed E-state index contributed by atoms with van der Waals surface area (Å²) in [5, 5.41) is 11.2. The normalized spacial score (nSPS) is 10.5. The summed E-state index contributed by atoms with van der Waals surface area (Å²) in [7, 11) is 1.58. The molecule has 0 fully saturated rings. The largest absolute Gasteiger partial charge is 0.355 e. The highest BCUT2D eigenvalue weighted by Crippen LogP contribution is 2.08. The van der Waals surface area contributed by atoms with Crippen molar-refractivity contribution in [2.45, 2.75) is 26.3 Å². The molecule has 5 nitrogen and oxygen atoms in total. The Morgan fingerprint density at radius 1 is 1.32 bits per heavy atom. The van der Waals surface area contributed by atoms with E-state index in [0.29, 0.717) is 18.5 Å². The van der Waals surface area contributed by atoms with E-state index in [1.807, 2.05) is 19.9 Å². The first kappa shape index (κ1) is 17.4. The molecule has 0 saturated heterocycles. The topological polar surface area (TPSA) is 73.2 Å². The molecule has 1 aromatic rings. The molecule has 0 bridgehead atoms. The predicted octanol–water partition coefficient (Wildman–Crippen LogP) is 2.21. The average Bonchev–Trinajstić information content (AvgIpc) is 2.52. The van der Waals surface area contributed by atoms with Crippen LogP contribution in [0.25, 0.3) is 6.08 Å². The first-order valence-corrected chi connectivity index (χ1v) is 7.17. The van der Waals surface area contributed by atoms with Gasteiger partial charge >= 0.3 is 0 Å². The molecule has 0 spiro atoms. The monoisotopic (exact) mass is 299 g/mol. The summed E-state index contributed by atoms with van der Waals surface area (Å²) in [5.41, 5.74) is 1.41. The summed E-state index contributed by atoms with van der Waals surface area (Å²) < 4.78 is 0. The SMILES string of the molecule is CNC(=O)c1ccc(/C=C\C(=O)N(CCC#N)C(C)C)cc1. The Morgan fingerprint density at radius 2 is 1.95 bits per heavy atom. The fourth-order valence-corrected chi connectivity index (χ4v) is 1.95. The maximum absolute atomic E-state index is 12.2. The van der Waals surface area contributed by atoms with E-state index in [1.165, 1.54) is 6.08 Å². The molecule has 0 aliphatic rings. The number of hydrogen-bond donors (Lipinski definition) is 1. The molecule has 1 aromatic carbocycles. The van der Waals surface area contributed by atoms with Crippen molar-refractivity contribution < 1.29 is 9.59 Å². The summed E-state index contributed by atoms with van der Waals surface area (Å²) in [6.45, 7) is 4.26. The van der Waals surface area contributed by atoms with Gasteiger partial charge in [0.25, 0.3) is 5.91 Å². The fraction of sp³-hybridized carbons (Fsp3) is 0.353. The maximum atomic E-state index is 12.2. The molecule has 22 heavy (non-hydrogen) atoms. The van der Waals surface area contributed by atoms with E-state index in [1.54, 1.807) is 42.3 Å². The van der Waals surface area contributed by atoms with Crippen molar-refractivity contribution in [1.29, 1.82) is 5.26 Å². The molecule has 5 heteroatoms. The molecule has 0 aromatic heterocycles. The van der Waals surface area contributed by atoms with Crippen LogP contribution in [0.15, 0.2) is 30.3 Å². The molecule has 0 unspecified atom stereocenters. The molecule has 0 aliphatic carbocycles. The zero-order chi connectivity index (χ0) is 16.5. The molecule has 0 saturated carbocycles. The Labute approximate surface area is 131 Å². The highest BCUT2D eigenvalue weighted by molar-refractivity contribution is 5.94. The highest BCUT2D eigenvalue weighted by atomic mass is 16.2. The number of rotatable bonds is 6. The van der Waals surface area contributed by atoms with Gasteiger partial charge in [-0.15, -0.1) is 0 Å². The van der Waals surface area contributed by atoms with Crippen molar-refractivity contribution in [3.8, 4) is 6.07 Å². The summed E-state index contributed by atoms with van der Waals surface area (Å²) in [5.74, 6) is -0.269. The standard InChI is InChI=1S/C17H21N3O2/c1-13(2)20(12-4-11-18)16(21)10-7-14-5-8-15(9-6-14)17(22)19-3/h5-10,13H,4,12H2,1-3H3,(H,19,22)/b10-7-. The van der Waals surface area contributed by atoms with Crippen molar-refractivity contribution in [3.63, 3.8) is 0 Å². The fourth-order valence-electron chi connectivity index (χ4n) is 1.95. The first-order chi connectivity index (χ1) is 10.5. The third-order valence-electron chi connectivity index (χ3n) is 3.19. The summed E-state index contributed by atoms with van der Waals surface area (Å²) in [6.07, 6.45) is 3.52. The van der Waals surface area contributed by atoms with Crippen LogP contribution >= 0.6 is 0 Å². The number of carbonyl (C=O) groups is 2. The van der Waals surface area contributed by atoms with Gasteiger partial charge in [-0.2, -0.15) is 5.26 Å². The van der Waals surface area contributed by atoms with Gasteiger partial charge in [0.15, 0.2) is 0 Å². The van der Waals surface area contributed by atoms with Gasteiger partial charge in [-0.1, -0.05) is 12.1 Å². The second-order valence-corrected chi connectivity index (χ2v) is 5.07. The Morgan fingerprint density at radius 3 is 2.45 bits per heavy atom. The van der Waals surface area contributed by atoms with Gasteiger partial charge in [0.2, 0.25) is 5.91 Å². The van der Waals surface area contributed by atoms with E-state index in [4.69, 9.17) is 5.26 Å². The van der Waals surface area contributed by atoms with Crippen molar-refractivity contribution >= 4 is 17.9 Å².